The average Bonchev–Trinajstić information content (AvgIpc) is 3.28. The molecule has 2 aromatic carbocycles. The van der Waals surface area contributed by atoms with E-state index >= 15 is 0 Å². The second-order valence-corrected chi connectivity index (χ2v) is 7.09. The van der Waals surface area contributed by atoms with Crippen molar-refractivity contribution in [2.45, 2.75) is 25.2 Å². The number of hydrogen-bond acceptors (Lipinski definition) is 3. The van der Waals surface area contributed by atoms with Gasteiger partial charge in [-0.05, 0) is 60.2 Å². The van der Waals surface area contributed by atoms with Gasteiger partial charge in [-0.25, -0.2) is 4.39 Å². The Morgan fingerprint density at radius 1 is 1.30 bits per heavy atom. The number of allylic oxidation sites excluding steroid dienone is 1. The van der Waals surface area contributed by atoms with Gasteiger partial charge in [0.05, 0.1) is 18.8 Å². The van der Waals surface area contributed by atoms with Gasteiger partial charge in [-0.15, -0.1) is 0 Å². The highest BCUT2D eigenvalue weighted by Crippen LogP contribution is 2.45. The van der Waals surface area contributed by atoms with Gasteiger partial charge in [0.15, 0.2) is 0 Å². The minimum atomic E-state index is -0.958. The number of halogens is 1. The van der Waals surface area contributed by atoms with Gasteiger partial charge in [-0.1, -0.05) is 24.3 Å². The first kappa shape index (κ1) is 17.5. The summed E-state index contributed by atoms with van der Waals surface area (Å²) < 4.78 is 21.1. The van der Waals surface area contributed by atoms with Crippen LogP contribution in [0.1, 0.15) is 29.5 Å². The van der Waals surface area contributed by atoms with Crippen molar-refractivity contribution in [1.82, 2.24) is 9.78 Å². The van der Waals surface area contributed by atoms with E-state index in [2.05, 4.69) is 11.2 Å². The van der Waals surface area contributed by atoms with E-state index in [1.807, 2.05) is 42.2 Å². The summed E-state index contributed by atoms with van der Waals surface area (Å²) in [4.78, 5) is 12.8. The molecule has 0 amide bonds. The fourth-order valence-electron chi connectivity index (χ4n) is 4.12. The standard InChI is InChI=1S/C22H21FN2O2/c1-14-18(5-4-6-19(14)23)22(21(26)27-3)10-9-16(12-22)15-7-8-20-17(11-15)13-24-25(20)2/h4-8,11-13H,9-10H2,1-3H3. The molecule has 5 heteroatoms. The summed E-state index contributed by atoms with van der Waals surface area (Å²) in [5.74, 6) is -0.664. The summed E-state index contributed by atoms with van der Waals surface area (Å²) >= 11 is 0. The molecule has 1 aliphatic rings. The number of methoxy groups -OCH3 is 1. The van der Waals surface area contributed by atoms with E-state index in [1.165, 1.54) is 13.2 Å². The lowest BCUT2D eigenvalue weighted by molar-refractivity contribution is -0.145. The van der Waals surface area contributed by atoms with E-state index in [-0.39, 0.29) is 11.8 Å². The summed E-state index contributed by atoms with van der Waals surface area (Å²) in [5.41, 5.74) is 3.37. The molecule has 1 unspecified atom stereocenters. The number of aryl methyl sites for hydroxylation is 1. The predicted octanol–water partition coefficient (Wildman–Crippen LogP) is 4.31. The van der Waals surface area contributed by atoms with E-state index in [0.717, 1.165) is 28.5 Å². The molecule has 1 atom stereocenters. The first-order valence-corrected chi connectivity index (χ1v) is 8.94. The van der Waals surface area contributed by atoms with Crippen LogP contribution < -0.4 is 0 Å². The van der Waals surface area contributed by atoms with Crippen molar-refractivity contribution in [3.63, 3.8) is 0 Å². The average molecular weight is 364 g/mol. The topological polar surface area (TPSA) is 44.1 Å². The van der Waals surface area contributed by atoms with Crippen molar-refractivity contribution in [1.29, 1.82) is 0 Å². The minimum absolute atomic E-state index is 0.311. The molecule has 0 spiro atoms. The Morgan fingerprint density at radius 3 is 2.89 bits per heavy atom. The lowest BCUT2D eigenvalue weighted by Gasteiger charge is -2.26. The van der Waals surface area contributed by atoms with Crippen molar-refractivity contribution in [2.24, 2.45) is 7.05 Å². The number of rotatable bonds is 3. The second-order valence-electron chi connectivity index (χ2n) is 7.09. The summed E-state index contributed by atoms with van der Waals surface area (Å²) in [6.07, 6.45) is 5.07. The fourth-order valence-corrected chi connectivity index (χ4v) is 4.12. The maximum absolute atomic E-state index is 14.2. The third kappa shape index (κ3) is 2.65. The van der Waals surface area contributed by atoms with Gasteiger partial charge in [0.2, 0.25) is 0 Å². The monoisotopic (exact) mass is 364 g/mol. The summed E-state index contributed by atoms with van der Waals surface area (Å²) in [6, 6.07) is 11.0. The zero-order valence-electron chi connectivity index (χ0n) is 15.6. The quantitative estimate of drug-likeness (QED) is 0.651. The second kappa shape index (κ2) is 6.34. The number of ether oxygens (including phenoxy) is 1. The molecule has 27 heavy (non-hydrogen) atoms. The smallest absolute Gasteiger partial charge is 0.320 e. The number of benzene rings is 2. The summed E-state index contributed by atoms with van der Waals surface area (Å²) in [5, 5.41) is 5.33. The zero-order chi connectivity index (χ0) is 19.2. The van der Waals surface area contributed by atoms with Crippen molar-refractivity contribution < 1.29 is 13.9 Å². The molecule has 3 aromatic rings. The number of carbonyl (C=O) groups is 1. The molecular weight excluding hydrogens is 343 g/mol. The highest BCUT2D eigenvalue weighted by molar-refractivity contribution is 5.92. The number of aromatic nitrogens is 2. The molecule has 0 aliphatic heterocycles. The van der Waals surface area contributed by atoms with E-state index in [4.69, 9.17) is 4.74 Å². The Morgan fingerprint density at radius 2 is 2.11 bits per heavy atom. The number of hydrogen-bond donors (Lipinski definition) is 0. The lowest BCUT2D eigenvalue weighted by Crippen LogP contribution is -2.34. The lowest BCUT2D eigenvalue weighted by atomic mass is 9.77. The molecule has 138 valence electrons. The van der Waals surface area contributed by atoms with Crippen molar-refractivity contribution in [3.05, 3.63) is 71.2 Å². The molecule has 1 aromatic heterocycles. The zero-order valence-corrected chi connectivity index (χ0v) is 15.6. The van der Waals surface area contributed by atoms with Crippen molar-refractivity contribution in [2.75, 3.05) is 7.11 Å². The Balaban J connectivity index is 1.85. The largest absolute Gasteiger partial charge is 0.468 e. The molecule has 4 nitrogen and oxygen atoms in total. The molecule has 0 radical (unpaired) electrons. The number of nitrogens with zero attached hydrogens (tertiary/aromatic N) is 2. The molecule has 1 heterocycles. The molecule has 0 N–H and O–H groups in total. The number of esters is 1. The Labute approximate surface area is 157 Å². The maximum atomic E-state index is 14.2. The normalized spacial score (nSPS) is 19.3. The number of fused-ring (bicyclic) bond motifs is 1. The van der Waals surface area contributed by atoms with Gasteiger partial charge in [-0.3, -0.25) is 9.48 Å². The summed E-state index contributed by atoms with van der Waals surface area (Å²) in [7, 11) is 3.29. The highest BCUT2D eigenvalue weighted by atomic mass is 19.1. The van der Waals surface area contributed by atoms with Crippen LogP contribution in [0.25, 0.3) is 16.5 Å². The molecule has 0 fully saturated rings. The third-order valence-corrected chi connectivity index (χ3v) is 5.62. The summed E-state index contributed by atoms with van der Waals surface area (Å²) in [6.45, 7) is 1.71. The van der Waals surface area contributed by atoms with Crippen LogP contribution in [-0.4, -0.2) is 22.9 Å². The molecule has 0 bridgehead atoms. The van der Waals surface area contributed by atoms with Crippen LogP contribution in [-0.2, 0) is 22.0 Å². The molecule has 4 rings (SSSR count). The Kier molecular flexibility index (Phi) is 4.10. The van der Waals surface area contributed by atoms with Gasteiger partial charge in [-0.2, -0.15) is 5.10 Å². The van der Waals surface area contributed by atoms with Gasteiger partial charge >= 0.3 is 5.97 Å². The van der Waals surface area contributed by atoms with E-state index < -0.39 is 5.41 Å². The highest BCUT2D eigenvalue weighted by Gasteiger charge is 2.44. The van der Waals surface area contributed by atoms with Crippen LogP contribution in [0.3, 0.4) is 0 Å². The van der Waals surface area contributed by atoms with Gasteiger partial charge in [0.25, 0.3) is 0 Å². The van der Waals surface area contributed by atoms with E-state index in [1.54, 1.807) is 13.0 Å². The third-order valence-electron chi connectivity index (χ3n) is 5.62. The van der Waals surface area contributed by atoms with Crippen molar-refractivity contribution in [3.8, 4) is 0 Å². The first-order valence-electron chi connectivity index (χ1n) is 8.94. The minimum Gasteiger partial charge on any atom is -0.468 e. The van der Waals surface area contributed by atoms with Crippen molar-refractivity contribution >= 4 is 22.4 Å². The molecular formula is C22H21FN2O2. The van der Waals surface area contributed by atoms with Crippen LogP contribution in [0.4, 0.5) is 4.39 Å². The Bertz CT molecular complexity index is 1080. The van der Waals surface area contributed by atoms with Crippen LogP contribution >= 0.6 is 0 Å². The van der Waals surface area contributed by atoms with Gasteiger partial charge in [0, 0.05) is 12.4 Å². The molecule has 0 saturated heterocycles. The Hall–Kier alpha value is -2.95. The molecule has 0 saturated carbocycles. The van der Waals surface area contributed by atoms with E-state index in [9.17, 15) is 9.18 Å². The van der Waals surface area contributed by atoms with Crippen LogP contribution in [0.15, 0.2) is 48.7 Å². The van der Waals surface area contributed by atoms with Gasteiger partial charge in [0.1, 0.15) is 11.2 Å². The van der Waals surface area contributed by atoms with Crippen LogP contribution in [0.5, 0.6) is 0 Å². The predicted molar refractivity (Wildman–Crippen MR) is 103 cm³/mol. The fraction of sp³-hybridized carbons (Fsp3) is 0.273. The van der Waals surface area contributed by atoms with E-state index in [0.29, 0.717) is 17.5 Å². The first-order chi connectivity index (χ1) is 13.0. The maximum Gasteiger partial charge on any atom is 0.320 e. The van der Waals surface area contributed by atoms with Crippen LogP contribution in [0, 0.1) is 12.7 Å². The van der Waals surface area contributed by atoms with Gasteiger partial charge < -0.3 is 4.74 Å². The number of carbonyl (C=O) groups excluding carboxylic acids is 1. The molecule has 1 aliphatic carbocycles. The SMILES string of the molecule is COC(=O)C1(c2cccc(F)c2C)C=C(c2ccc3c(cnn3C)c2)CC1. The van der Waals surface area contributed by atoms with Crippen LogP contribution in [0.2, 0.25) is 0 Å².